The van der Waals surface area contributed by atoms with Crippen LogP contribution in [0.25, 0.3) is 0 Å². The van der Waals surface area contributed by atoms with Gasteiger partial charge in [0, 0.05) is 0 Å². The van der Waals surface area contributed by atoms with Gasteiger partial charge in [-0.05, 0) is 29.7 Å². The zero-order valence-electron chi connectivity index (χ0n) is 7.59. The molecule has 1 nitrogen and oxygen atoms in total. The monoisotopic (exact) mass is 178 g/mol. The minimum atomic E-state index is -0.0703. The molecule has 2 radical (unpaired) electrons. The van der Waals surface area contributed by atoms with Crippen molar-refractivity contribution in [3.05, 3.63) is 29.3 Å². The van der Waals surface area contributed by atoms with E-state index in [-0.39, 0.29) is 9.76 Å². The Hall–Kier alpha value is -0.603. The quantitative estimate of drug-likeness (QED) is 0.689. The van der Waals surface area contributed by atoms with Crippen LogP contribution in [0.5, 0.6) is 0 Å². The Kier molecular flexibility index (Phi) is 3.50. The Balaban J connectivity index is 2.97. The summed E-state index contributed by atoms with van der Waals surface area (Å²) in [5, 5.41) is 1.08. The lowest BCUT2D eigenvalue weighted by Gasteiger charge is -2.07. The van der Waals surface area contributed by atoms with Gasteiger partial charge < -0.3 is 4.80 Å². The second-order valence-electron chi connectivity index (χ2n) is 2.95. The molecule has 0 saturated carbocycles. The van der Waals surface area contributed by atoms with Gasteiger partial charge in [-0.2, -0.15) is 0 Å². The van der Waals surface area contributed by atoms with E-state index in [2.05, 4.69) is 19.9 Å². The molecule has 0 heterocycles. The zero-order valence-corrected chi connectivity index (χ0v) is 8.59. The normalized spacial score (nSPS) is 10.2. The minimum Gasteiger partial charge on any atom is -0.428 e. The minimum absolute atomic E-state index is 0.0703. The molecule has 0 aromatic heterocycles. The third-order valence-electron chi connectivity index (χ3n) is 2.09. The molecule has 2 heteroatoms. The van der Waals surface area contributed by atoms with E-state index in [0.29, 0.717) is 0 Å². The first kappa shape index (κ1) is 9.48. The highest BCUT2D eigenvalue weighted by Crippen LogP contribution is 2.06. The molecule has 12 heavy (non-hydrogen) atoms. The Bertz CT molecular complexity index is 258. The Morgan fingerprint density at radius 2 is 2.17 bits per heavy atom. The second-order valence-corrected chi connectivity index (χ2v) is 3.71. The molecular formula is C10H14OSi. The Morgan fingerprint density at radius 3 is 2.75 bits per heavy atom. The van der Waals surface area contributed by atoms with Gasteiger partial charge >= 0.3 is 0 Å². The fourth-order valence-corrected chi connectivity index (χ4v) is 1.84. The molecule has 1 N–H and O–H groups in total. The van der Waals surface area contributed by atoms with Gasteiger partial charge in [-0.25, -0.2) is 0 Å². The molecule has 0 atom stereocenters. The molecular weight excluding hydrogens is 164 g/mol. The van der Waals surface area contributed by atoms with Gasteiger partial charge in [0.15, 0.2) is 0 Å². The summed E-state index contributed by atoms with van der Waals surface area (Å²) >= 11 is 0. The summed E-state index contributed by atoms with van der Waals surface area (Å²) < 4.78 is 0. The lowest BCUT2D eigenvalue weighted by atomic mass is 10.0. The average molecular weight is 178 g/mol. The van der Waals surface area contributed by atoms with E-state index in [9.17, 15) is 0 Å². The SMILES string of the molecule is CCCc1cccc([Si]O)c1C. The topological polar surface area (TPSA) is 20.2 Å². The number of aryl methyl sites for hydroxylation is 1. The molecule has 1 rings (SSSR count). The van der Waals surface area contributed by atoms with E-state index >= 15 is 0 Å². The van der Waals surface area contributed by atoms with Gasteiger partial charge in [0.25, 0.3) is 9.76 Å². The van der Waals surface area contributed by atoms with Crippen LogP contribution >= 0.6 is 0 Å². The summed E-state index contributed by atoms with van der Waals surface area (Å²) in [6, 6.07) is 6.16. The van der Waals surface area contributed by atoms with E-state index in [1.165, 1.54) is 17.5 Å². The molecule has 1 aromatic carbocycles. The smallest absolute Gasteiger partial charge is 0.265 e. The van der Waals surface area contributed by atoms with E-state index in [0.717, 1.165) is 11.6 Å². The highest BCUT2D eigenvalue weighted by molar-refractivity contribution is 6.46. The molecule has 0 fully saturated rings. The predicted octanol–water partition coefficient (Wildman–Crippen LogP) is 1.18. The first-order chi connectivity index (χ1) is 5.79. The average Bonchev–Trinajstić information content (AvgIpc) is 2.09. The highest BCUT2D eigenvalue weighted by Gasteiger charge is 2.02. The predicted molar refractivity (Wildman–Crippen MR) is 52.8 cm³/mol. The summed E-state index contributed by atoms with van der Waals surface area (Å²) in [5.41, 5.74) is 2.64. The van der Waals surface area contributed by atoms with Crippen molar-refractivity contribution in [2.45, 2.75) is 26.7 Å². The van der Waals surface area contributed by atoms with Crippen molar-refractivity contribution in [1.82, 2.24) is 0 Å². The molecule has 64 valence electrons. The van der Waals surface area contributed by atoms with Crippen LogP contribution in [0.1, 0.15) is 24.5 Å². The van der Waals surface area contributed by atoms with Crippen LogP contribution in [0.2, 0.25) is 0 Å². The van der Waals surface area contributed by atoms with E-state index < -0.39 is 0 Å². The van der Waals surface area contributed by atoms with Crippen LogP contribution in [0, 0.1) is 6.92 Å². The number of hydrogen-bond acceptors (Lipinski definition) is 1. The molecule has 0 aliphatic heterocycles. The zero-order chi connectivity index (χ0) is 8.97. The van der Waals surface area contributed by atoms with Crippen LogP contribution in [0.3, 0.4) is 0 Å². The second kappa shape index (κ2) is 4.43. The molecule has 1 aromatic rings. The van der Waals surface area contributed by atoms with Crippen LogP contribution in [0.4, 0.5) is 0 Å². The van der Waals surface area contributed by atoms with E-state index in [1.807, 2.05) is 12.1 Å². The van der Waals surface area contributed by atoms with Gasteiger partial charge in [-0.3, -0.25) is 0 Å². The van der Waals surface area contributed by atoms with Crippen LogP contribution in [-0.2, 0) is 6.42 Å². The van der Waals surface area contributed by atoms with Gasteiger partial charge in [0.2, 0.25) is 0 Å². The maximum absolute atomic E-state index is 9.04. The molecule has 0 aliphatic carbocycles. The van der Waals surface area contributed by atoms with Crippen molar-refractivity contribution >= 4 is 14.9 Å². The van der Waals surface area contributed by atoms with E-state index in [1.54, 1.807) is 0 Å². The largest absolute Gasteiger partial charge is 0.428 e. The summed E-state index contributed by atoms with van der Waals surface area (Å²) in [7, 11) is -0.0703. The van der Waals surface area contributed by atoms with Crippen molar-refractivity contribution in [3.63, 3.8) is 0 Å². The standard InChI is InChI=1S/C10H14OSi/c1-3-5-9-6-4-7-10(12-11)8(9)2/h4,6-7,11H,3,5H2,1-2H3. The van der Waals surface area contributed by atoms with Gasteiger partial charge in [0.1, 0.15) is 0 Å². The Labute approximate surface area is 76.4 Å². The third kappa shape index (κ3) is 1.96. The van der Waals surface area contributed by atoms with Crippen molar-refractivity contribution in [3.8, 4) is 0 Å². The van der Waals surface area contributed by atoms with Crippen molar-refractivity contribution < 1.29 is 4.80 Å². The van der Waals surface area contributed by atoms with Crippen molar-refractivity contribution in [1.29, 1.82) is 0 Å². The highest BCUT2D eigenvalue weighted by atomic mass is 28.2. The van der Waals surface area contributed by atoms with Crippen molar-refractivity contribution in [2.24, 2.45) is 0 Å². The third-order valence-corrected chi connectivity index (χ3v) is 2.87. The number of benzene rings is 1. The first-order valence-electron chi connectivity index (χ1n) is 4.28. The number of hydrogen-bond donors (Lipinski definition) is 1. The van der Waals surface area contributed by atoms with Gasteiger partial charge in [-0.1, -0.05) is 31.5 Å². The first-order valence-corrected chi connectivity index (χ1v) is 5.23. The molecule has 0 saturated heterocycles. The fraction of sp³-hybridized carbons (Fsp3) is 0.400. The lowest BCUT2D eigenvalue weighted by Crippen LogP contribution is -2.18. The molecule has 0 unspecified atom stereocenters. The van der Waals surface area contributed by atoms with Crippen LogP contribution < -0.4 is 5.19 Å². The molecule has 0 bridgehead atoms. The van der Waals surface area contributed by atoms with Gasteiger partial charge in [0.05, 0.1) is 0 Å². The van der Waals surface area contributed by atoms with Crippen LogP contribution in [-0.4, -0.2) is 14.6 Å². The summed E-state index contributed by atoms with van der Waals surface area (Å²) in [6.45, 7) is 4.26. The van der Waals surface area contributed by atoms with E-state index in [4.69, 9.17) is 4.80 Å². The van der Waals surface area contributed by atoms with Crippen molar-refractivity contribution in [2.75, 3.05) is 0 Å². The molecule has 0 aliphatic rings. The summed E-state index contributed by atoms with van der Waals surface area (Å²) in [5.74, 6) is 0. The molecule has 0 spiro atoms. The Morgan fingerprint density at radius 1 is 1.42 bits per heavy atom. The molecule has 0 amide bonds. The summed E-state index contributed by atoms with van der Waals surface area (Å²) in [4.78, 5) is 9.04. The maximum Gasteiger partial charge on any atom is 0.265 e. The number of rotatable bonds is 3. The lowest BCUT2D eigenvalue weighted by molar-refractivity contribution is 0.615. The summed E-state index contributed by atoms with van der Waals surface area (Å²) in [6.07, 6.45) is 2.28. The fourth-order valence-electron chi connectivity index (χ4n) is 1.34. The van der Waals surface area contributed by atoms with Crippen LogP contribution in [0.15, 0.2) is 18.2 Å². The maximum atomic E-state index is 9.04. The van der Waals surface area contributed by atoms with Gasteiger partial charge in [-0.15, -0.1) is 0 Å².